The summed E-state index contributed by atoms with van der Waals surface area (Å²) >= 11 is 0. The fourth-order valence-electron chi connectivity index (χ4n) is 3.18. The molecular weight excluding hydrogens is 240 g/mol. The average Bonchev–Trinajstić information content (AvgIpc) is 2.99. The Morgan fingerprint density at radius 3 is 2.74 bits per heavy atom. The summed E-state index contributed by atoms with van der Waals surface area (Å²) in [6.45, 7) is 4.52. The van der Waals surface area contributed by atoms with E-state index in [1.807, 2.05) is 0 Å². The van der Waals surface area contributed by atoms with Crippen LogP contribution in [0.1, 0.15) is 38.5 Å². The van der Waals surface area contributed by atoms with Gasteiger partial charge in [0.05, 0.1) is 24.9 Å². The molecule has 1 spiro atoms. The lowest BCUT2D eigenvalue weighted by molar-refractivity contribution is -0.0354. The Morgan fingerprint density at radius 2 is 2.00 bits per heavy atom. The van der Waals surface area contributed by atoms with Crippen molar-refractivity contribution in [1.82, 2.24) is 10.2 Å². The lowest BCUT2D eigenvalue weighted by Gasteiger charge is -2.23. The lowest BCUT2D eigenvalue weighted by Crippen LogP contribution is -2.32. The van der Waals surface area contributed by atoms with Crippen molar-refractivity contribution in [1.29, 1.82) is 0 Å². The number of nitrogens with zero attached hydrogens (tertiary/aromatic N) is 1. The summed E-state index contributed by atoms with van der Waals surface area (Å²) in [5.41, 5.74) is 0.272. The summed E-state index contributed by atoms with van der Waals surface area (Å²) in [6, 6.07) is 0. The maximum atomic E-state index is 6.26. The third kappa shape index (κ3) is 5.03. The van der Waals surface area contributed by atoms with E-state index in [1.54, 1.807) is 0 Å². The van der Waals surface area contributed by atoms with Crippen molar-refractivity contribution in [3.05, 3.63) is 0 Å². The lowest BCUT2D eigenvalue weighted by atomic mass is 9.98. The number of hydrogen-bond acceptors (Lipinski definition) is 4. The molecule has 1 saturated heterocycles. The molecule has 1 saturated carbocycles. The zero-order valence-corrected chi connectivity index (χ0v) is 12.6. The molecule has 0 bridgehead atoms. The van der Waals surface area contributed by atoms with E-state index < -0.39 is 0 Å². The predicted molar refractivity (Wildman–Crippen MR) is 77.5 cm³/mol. The van der Waals surface area contributed by atoms with E-state index in [4.69, 9.17) is 9.47 Å². The van der Waals surface area contributed by atoms with Crippen LogP contribution in [0.15, 0.2) is 0 Å². The third-order valence-corrected chi connectivity index (χ3v) is 4.33. The van der Waals surface area contributed by atoms with Crippen molar-refractivity contribution >= 4 is 0 Å². The summed E-state index contributed by atoms with van der Waals surface area (Å²) < 4.78 is 11.8. The smallest absolute Gasteiger partial charge is 0.0708 e. The number of hydrogen-bond donors (Lipinski definition) is 1. The molecule has 1 heterocycles. The molecule has 0 aromatic carbocycles. The monoisotopic (exact) mass is 270 g/mol. The molecule has 2 rings (SSSR count). The van der Waals surface area contributed by atoms with E-state index in [-0.39, 0.29) is 5.60 Å². The van der Waals surface area contributed by atoms with E-state index in [1.165, 1.54) is 38.5 Å². The largest absolute Gasteiger partial charge is 0.379 e. The van der Waals surface area contributed by atoms with Crippen LogP contribution >= 0.6 is 0 Å². The zero-order valence-electron chi connectivity index (χ0n) is 12.6. The fourth-order valence-corrected chi connectivity index (χ4v) is 3.18. The molecule has 0 aromatic rings. The number of ether oxygens (including phenoxy) is 2. The van der Waals surface area contributed by atoms with E-state index in [0.717, 1.165) is 32.8 Å². The highest BCUT2D eigenvalue weighted by molar-refractivity contribution is 4.93. The highest BCUT2D eigenvalue weighted by Crippen LogP contribution is 2.42. The van der Waals surface area contributed by atoms with Crippen molar-refractivity contribution in [2.24, 2.45) is 0 Å². The van der Waals surface area contributed by atoms with Gasteiger partial charge < -0.3 is 19.7 Å². The molecule has 2 aliphatic rings. The van der Waals surface area contributed by atoms with Gasteiger partial charge in [-0.3, -0.25) is 0 Å². The molecule has 1 aliphatic heterocycles. The Hall–Kier alpha value is -0.160. The summed E-state index contributed by atoms with van der Waals surface area (Å²) in [7, 11) is 4.13. The van der Waals surface area contributed by atoms with E-state index in [0.29, 0.717) is 6.10 Å². The molecule has 1 atom stereocenters. The molecule has 0 amide bonds. The highest BCUT2D eigenvalue weighted by Gasteiger charge is 2.41. The number of likely N-dealkylation sites (N-methyl/N-ethyl adjacent to an activating group) is 1. The van der Waals surface area contributed by atoms with Gasteiger partial charge in [0.25, 0.3) is 0 Å². The van der Waals surface area contributed by atoms with Crippen LogP contribution in [0.5, 0.6) is 0 Å². The molecule has 0 radical (unpaired) electrons. The van der Waals surface area contributed by atoms with E-state index in [2.05, 4.69) is 24.3 Å². The Balaban J connectivity index is 1.46. The van der Waals surface area contributed by atoms with E-state index >= 15 is 0 Å². The topological polar surface area (TPSA) is 33.7 Å². The molecule has 2 fully saturated rings. The second-order valence-corrected chi connectivity index (χ2v) is 6.29. The molecule has 0 aromatic heterocycles. The molecule has 1 N–H and O–H groups in total. The molecule has 1 unspecified atom stereocenters. The van der Waals surface area contributed by atoms with Crippen LogP contribution in [-0.4, -0.2) is 63.5 Å². The first-order chi connectivity index (χ1) is 9.20. The van der Waals surface area contributed by atoms with Gasteiger partial charge in [0.1, 0.15) is 0 Å². The van der Waals surface area contributed by atoms with Crippen molar-refractivity contribution in [3.63, 3.8) is 0 Å². The number of nitrogens with one attached hydrogen (secondary N) is 1. The summed E-state index contributed by atoms with van der Waals surface area (Å²) in [5, 5.41) is 3.46. The standard InChI is InChI=1S/C15H30N2O2/c1-17(2)10-12-18-11-9-16-13-14-5-8-15(19-14)6-3-4-7-15/h14,16H,3-13H2,1-2H3. The van der Waals surface area contributed by atoms with Gasteiger partial charge >= 0.3 is 0 Å². The maximum absolute atomic E-state index is 6.26. The van der Waals surface area contributed by atoms with Gasteiger partial charge in [-0.15, -0.1) is 0 Å². The second kappa shape index (κ2) is 7.58. The minimum absolute atomic E-state index is 0.272. The normalized spacial score (nSPS) is 25.7. The number of rotatable bonds is 8. The zero-order chi connectivity index (χ0) is 13.6. The SMILES string of the molecule is CN(C)CCOCCNCC1CCC2(CCCC2)O1. The van der Waals surface area contributed by atoms with Crippen LogP contribution in [0.4, 0.5) is 0 Å². The molecule has 1 aliphatic carbocycles. The van der Waals surface area contributed by atoms with Gasteiger partial charge in [-0.2, -0.15) is 0 Å². The Morgan fingerprint density at radius 1 is 1.21 bits per heavy atom. The van der Waals surface area contributed by atoms with Gasteiger partial charge in [-0.05, 0) is 39.8 Å². The molecule has 4 heteroatoms. The Bertz CT molecular complexity index is 253. The van der Waals surface area contributed by atoms with Crippen LogP contribution in [0.2, 0.25) is 0 Å². The van der Waals surface area contributed by atoms with Crippen LogP contribution < -0.4 is 5.32 Å². The second-order valence-electron chi connectivity index (χ2n) is 6.29. The minimum atomic E-state index is 0.272. The van der Waals surface area contributed by atoms with Crippen LogP contribution in [0, 0.1) is 0 Å². The van der Waals surface area contributed by atoms with Crippen molar-refractivity contribution in [3.8, 4) is 0 Å². The Labute approximate surface area is 117 Å². The van der Waals surface area contributed by atoms with Gasteiger partial charge in [0, 0.05) is 19.6 Å². The van der Waals surface area contributed by atoms with Crippen molar-refractivity contribution < 1.29 is 9.47 Å². The first-order valence-electron chi connectivity index (χ1n) is 7.81. The van der Waals surface area contributed by atoms with Gasteiger partial charge in [0.2, 0.25) is 0 Å². The third-order valence-electron chi connectivity index (χ3n) is 4.33. The molecule has 4 nitrogen and oxygen atoms in total. The maximum Gasteiger partial charge on any atom is 0.0708 e. The van der Waals surface area contributed by atoms with E-state index in [9.17, 15) is 0 Å². The minimum Gasteiger partial charge on any atom is -0.379 e. The predicted octanol–water partition coefficient (Wildman–Crippen LogP) is 1.65. The van der Waals surface area contributed by atoms with Crippen LogP contribution in [0.3, 0.4) is 0 Å². The Kier molecular flexibility index (Phi) is 6.07. The quantitative estimate of drug-likeness (QED) is 0.680. The first-order valence-corrected chi connectivity index (χ1v) is 7.81. The fraction of sp³-hybridized carbons (Fsp3) is 1.00. The summed E-state index contributed by atoms with van der Waals surface area (Å²) in [5.74, 6) is 0. The molecular formula is C15H30N2O2. The van der Waals surface area contributed by atoms with Gasteiger partial charge in [0.15, 0.2) is 0 Å². The average molecular weight is 270 g/mol. The van der Waals surface area contributed by atoms with Gasteiger partial charge in [-0.25, -0.2) is 0 Å². The highest BCUT2D eigenvalue weighted by atomic mass is 16.5. The van der Waals surface area contributed by atoms with Crippen LogP contribution in [-0.2, 0) is 9.47 Å². The summed E-state index contributed by atoms with van der Waals surface area (Å²) in [4.78, 5) is 2.14. The van der Waals surface area contributed by atoms with Crippen LogP contribution in [0.25, 0.3) is 0 Å². The van der Waals surface area contributed by atoms with Crippen molar-refractivity contribution in [2.45, 2.75) is 50.2 Å². The van der Waals surface area contributed by atoms with Crippen molar-refractivity contribution in [2.75, 3.05) is 46.9 Å². The molecule has 112 valence electrons. The van der Waals surface area contributed by atoms with Gasteiger partial charge in [-0.1, -0.05) is 12.8 Å². The first kappa shape index (κ1) is 15.2. The molecule has 19 heavy (non-hydrogen) atoms. The summed E-state index contributed by atoms with van der Waals surface area (Å²) in [6.07, 6.45) is 8.24.